The molecule has 0 spiro atoms. The van der Waals surface area contributed by atoms with E-state index in [2.05, 4.69) is 21.9 Å². The third kappa shape index (κ3) is 3.18. The van der Waals surface area contributed by atoms with Crippen molar-refractivity contribution in [3.63, 3.8) is 0 Å². The Labute approximate surface area is 188 Å². The Morgan fingerprint density at radius 3 is 2.34 bits per heavy atom. The van der Waals surface area contributed by atoms with Crippen LogP contribution in [0.25, 0.3) is 11.1 Å². The van der Waals surface area contributed by atoms with Crippen LogP contribution in [0.2, 0.25) is 0 Å². The van der Waals surface area contributed by atoms with Crippen LogP contribution in [0.5, 0.6) is 0 Å². The molecule has 2 aliphatic rings. The van der Waals surface area contributed by atoms with Gasteiger partial charge in [-0.05, 0) is 70.4 Å². The topological polar surface area (TPSA) is 75.2 Å². The zero-order valence-corrected chi connectivity index (χ0v) is 19.4. The highest BCUT2D eigenvalue weighted by molar-refractivity contribution is 6.10. The van der Waals surface area contributed by atoms with Crippen LogP contribution < -0.4 is 10.2 Å². The summed E-state index contributed by atoms with van der Waals surface area (Å²) in [6.45, 7) is 15.6. The molecule has 0 atom stereocenters. The summed E-state index contributed by atoms with van der Waals surface area (Å²) in [4.78, 5) is 36.1. The van der Waals surface area contributed by atoms with Crippen LogP contribution in [0.1, 0.15) is 46.0 Å². The fourth-order valence-corrected chi connectivity index (χ4v) is 4.42. The molecule has 1 N–H and O–H groups in total. The molecule has 2 aromatic rings. The lowest BCUT2D eigenvalue weighted by molar-refractivity contribution is -0.125. The fraction of sp³-hybridized carbons (Fsp3) is 0.308. The van der Waals surface area contributed by atoms with Crippen molar-refractivity contribution in [3.05, 3.63) is 77.7 Å². The van der Waals surface area contributed by atoms with Crippen LogP contribution in [0, 0.1) is 12.3 Å². The monoisotopic (exact) mass is 428 g/mol. The molecule has 1 fully saturated rings. The van der Waals surface area contributed by atoms with E-state index in [0.29, 0.717) is 17.2 Å². The number of nitrogens with zero attached hydrogens (tertiary/aromatic N) is 3. The number of fused-ring (bicyclic) bond motifs is 1. The Morgan fingerprint density at radius 1 is 1.06 bits per heavy atom. The van der Waals surface area contributed by atoms with Gasteiger partial charge in [0.25, 0.3) is 0 Å². The molecule has 1 aromatic carbocycles. The van der Waals surface area contributed by atoms with Crippen molar-refractivity contribution in [1.82, 2.24) is 15.3 Å². The Morgan fingerprint density at radius 2 is 1.72 bits per heavy atom. The lowest BCUT2D eigenvalue weighted by Gasteiger charge is -2.21. The number of carbonyl (C=O) groups excluding carboxylic acids is 2. The molecule has 1 aromatic heterocycles. The lowest BCUT2D eigenvalue weighted by atomic mass is 9.85. The first kappa shape index (κ1) is 21.7. The maximum Gasteiger partial charge on any atom is 0.241 e. The molecule has 4 rings (SSSR count). The second-order valence-electron chi connectivity index (χ2n) is 9.35. The van der Waals surface area contributed by atoms with E-state index in [1.54, 1.807) is 23.4 Å². The summed E-state index contributed by atoms with van der Waals surface area (Å²) < 4.78 is 0. The summed E-state index contributed by atoms with van der Waals surface area (Å²) in [6.07, 6.45) is 7.27. The predicted octanol–water partition coefficient (Wildman–Crippen LogP) is 4.58. The van der Waals surface area contributed by atoms with E-state index < -0.39 is 10.8 Å². The van der Waals surface area contributed by atoms with E-state index in [4.69, 9.17) is 0 Å². The molecule has 2 amide bonds. The van der Waals surface area contributed by atoms with Crippen molar-refractivity contribution in [2.24, 2.45) is 5.41 Å². The van der Waals surface area contributed by atoms with Gasteiger partial charge in [0.2, 0.25) is 11.8 Å². The van der Waals surface area contributed by atoms with Crippen molar-refractivity contribution < 1.29 is 9.59 Å². The molecule has 0 saturated carbocycles. The van der Waals surface area contributed by atoms with Crippen LogP contribution >= 0.6 is 0 Å². The van der Waals surface area contributed by atoms with Crippen LogP contribution in [0.15, 0.2) is 66.3 Å². The van der Waals surface area contributed by atoms with Gasteiger partial charge in [-0.3, -0.25) is 14.5 Å². The number of carbonyl (C=O) groups is 2. The van der Waals surface area contributed by atoms with Gasteiger partial charge in [0.15, 0.2) is 0 Å². The van der Waals surface area contributed by atoms with E-state index in [-0.39, 0.29) is 11.8 Å². The minimum atomic E-state index is -0.694. The summed E-state index contributed by atoms with van der Waals surface area (Å²) >= 11 is 0. The van der Waals surface area contributed by atoms with E-state index in [0.717, 1.165) is 28.0 Å². The molecule has 164 valence electrons. The van der Waals surface area contributed by atoms with Crippen molar-refractivity contribution in [2.75, 3.05) is 4.90 Å². The zero-order chi connectivity index (χ0) is 23.4. The minimum absolute atomic E-state index is 0.0581. The van der Waals surface area contributed by atoms with Crippen molar-refractivity contribution >= 4 is 17.5 Å². The molecule has 0 radical (unpaired) electrons. The van der Waals surface area contributed by atoms with Gasteiger partial charge >= 0.3 is 0 Å². The molecule has 2 aliphatic heterocycles. The molecule has 0 aliphatic carbocycles. The Kier molecular flexibility index (Phi) is 4.92. The zero-order valence-electron chi connectivity index (χ0n) is 19.4. The van der Waals surface area contributed by atoms with Crippen molar-refractivity contribution in [1.29, 1.82) is 0 Å². The summed E-state index contributed by atoms with van der Waals surface area (Å²) in [5, 5.41) is 2.94. The Hall–Kier alpha value is -3.54. The van der Waals surface area contributed by atoms with E-state index >= 15 is 0 Å². The van der Waals surface area contributed by atoms with Crippen LogP contribution in [0.3, 0.4) is 0 Å². The fourth-order valence-electron chi connectivity index (χ4n) is 4.42. The maximum absolute atomic E-state index is 13.4. The number of hydrogen-bond acceptors (Lipinski definition) is 4. The first-order chi connectivity index (χ1) is 15.0. The molecule has 6 nitrogen and oxygen atoms in total. The third-order valence-corrected chi connectivity index (χ3v) is 6.43. The van der Waals surface area contributed by atoms with Gasteiger partial charge in [0, 0.05) is 29.4 Å². The van der Waals surface area contributed by atoms with Gasteiger partial charge < -0.3 is 5.32 Å². The highest BCUT2D eigenvalue weighted by atomic mass is 16.2. The maximum atomic E-state index is 13.4. The molecule has 3 heterocycles. The number of benzene rings is 1. The van der Waals surface area contributed by atoms with Gasteiger partial charge in [-0.1, -0.05) is 24.8 Å². The van der Waals surface area contributed by atoms with Crippen molar-refractivity contribution in [3.8, 4) is 11.1 Å². The standard InChI is InChI=1S/C26H28N4O2/c1-8-19-21(29-23(31)25(19,4)5)11-15(2)30-22-12-17(18-13-27-16(3)28-14-18)9-10-20(22)26(6,7)24(30)32/h8-14H,2H2,1,3-7H3,(H,29,31)/b19-8+,21-11+. The number of hydrogen-bond donors (Lipinski definition) is 1. The second-order valence-corrected chi connectivity index (χ2v) is 9.35. The molecule has 0 bridgehead atoms. The number of anilines is 1. The van der Waals surface area contributed by atoms with Gasteiger partial charge in [0.1, 0.15) is 5.82 Å². The molecule has 6 heteroatoms. The third-order valence-electron chi connectivity index (χ3n) is 6.43. The Balaban J connectivity index is 1.79. The second kappa shape index (κ2) is 7.26. The lowest BCUT2D eigenvalue weighted by Crippen LogP contribution is -2.35. The first-order valence-electron chi connectivity index (χ1n) is 10.7. The quantitative estimate of drug-likeness (QED) is 0.777. The van der Waals surface area contributed by atoms with Crippen molar-refractivity contribution in [2.45, 2.75) is 47.0 Å². The van der Waals surface area contributed by atoms with Crippen LogP contribution in [-0.2, 0) is 15.0 Å². The average Bonchev–Trinajstić information content (AvgIpc) is 3.07. The number of rotatable bonds is 3. The summed E-state index contributed by atoms with van der Waals surface area (Å²) in [6, 6.07) is 5.96. The normalized spacial score (nSPS) is 21.2. The Bertz CT molecular complexity index is 1220. The van der Waals surface area contributed by atoms with Crippen LogP contribution in [-0.4, -0.2) is 21.8 Å². The van der Waals surface area contributed by atoms with Gasteiger partial charge in [-0.15, -0.1) is 0 Å². The molecule has 1 saturated heterocycles. The van der Waals surface area contributed by atoms with Gasteiger partial charge in [-0.25, -0.2) is 9.97 Å². The van der Waals surface area contributed by atoms with E-state index in [1.807, 2.05) is 65.8 Å². The van der Waals surface area contributed by atoms with Gasteiger partial charge in [-0.2, -0.15) is 0 Å². The number of allylic oxidation sites excluding steroid dienone is 3. The number of aromatic nitrogens is 2. The number of aryl methyl sites for hydroxylation is 1. The van der Waals surface area contributed by atoms with Crippen LogP contribution in [0.4, 0.5) is 5.69 Å². The largest absolute Gasteiger partial charge is 0.325 e. The first-order valence-corrected chi connectivity index (χ1v) is 10.7. The molecular formula is C26H28N4O2. The highest BCUT2D eigenvalue weighted by Gasteiger charge is 2.45. The predicted molar refractivity (Wildman–Crippen MR) is 126 cm³/mol. The van der Waals surface area contributed by atoms with E-state index in [9.17, 15) is 9.59 Å². The smallest absolute Gasteiger partial charge is 0.241 e. The van der Waals surface area contributed by atoms with E-state index in [1.165, 1.54) is 0 Å². The SMILES string of the molecule is C=C(/C=C1/NC(=O)C(C)(C)/C1=C/C)N1C(=O)C(C)(C)c2ccc(-c3cnc(C)nc3)cc21. The molecular weight excluding hydrogens is 400 g/mol. The number of amides is 2. The molecule has 32 heavy (non-hydrogen) atoms. The van der Waals surface area contributed by atoms with Gasteiger partial charge in [0.05, 0.1) is 16.5 Å². The average molecular weight is 429 g/mol. The molecule has 0 unspecified atom stereocenters. The number of nitrogens with one attached hydrogen (secondary N) is 1. The summed E-state index contributed by atoms with van der Waals surface area (Å²) in [5.41, 5.74) is 4.25. The summed E-state index contributed by atoms with van der Waals surface area (Å²) in [7, 11) is 0. The highest BCUT2D eigenvalue weighted by Crippen LogP contribution is 2.45. The summed E-state index contributed by atoms with van der Waals surface area (Å²) in [5.74, 6) is 0.575. The minimum Gasteiger partial charge on any atom is -0.325 e.